The summed E-state index contributed by atoms with van der Waals surface area (Å²) in [5.74, 6) is -2.45. The predicted molar refractivity (Wildman–Crippen MR) is 128 cm³/mol. The fourth-order valence-electron chi connectivity index (χ4n) is 6.69. The van der Waals surface area contributed by atoms with Crippen LogP contribution in [0.5, 0.6) is 0 Å². The van der Waals surface area contributed by atoms with E-state index in [9.17, 15) is 19.5 Å². The molecule has 3 rings (SSSR count). The number of aliphatic hydroxyl groups is 1. The molecule has 2 bridgehead atoms. The lowest BCUT2D eigenvalue weighted by atomic mass is 9.65. The van der Waals surface area contributed by atoms with E-state index in [2.05, 4.69) is 13.5 Å². The topological polar surface area (TPSA) is 96.4 Å². The summed E-state index contributed by atoms with van der Waals surface area (Å²) < 4.78 is 12.1. The molecule has 3 aliphatic rings. The highest BCUT2D eigenvalue weighted by atomic mass is 16.6. The van der Waals surface area contributed by atoms with Gasteiger partial charge in [0.25, 0.3) is 0 Å². The predicted octanol–water partition coefficient (Wildman–Crippen LogP) is 2.68. The Hall–Kier alpha value is -1.93. The number of aliphatic hydroxyl groups excluding tert-OH is 1. The third kappa shape index (κ3) is 3.87. The van der Waals surface area contributed by atoms with Gasteiger partial charge in [-0.1, -0.05) is 33.3 Å². The van der Waals surface area contributed by atoms with E-state index < -0.39 is 41.1 Å². The van der Waals surface area contributed by atoms with E-state index in [0.29, 0.717) is 32.2 Å². The molecule has 34 heavy (non-hydrogen) atoms. The van der Waals surface area contributed by atoms with Crippen LogP contribution in [0.15, 0.2) is 12.7 Å². The maximum Gasteiger partial charge on any atom is 0.312 e. The van der Waals surface area contributed by atoms with Crippen LogP contribution in [0.25, 0.3) is 0 Å². The Morgan fingerprint density at radius 2 is 2.03 bits per heavy atom. The number of carbonyl (C=O) groups is 3. The zero-order valence-corrected chi connectivity index (χ0v) is 21.4. The molecule has 0 aromatic heterocycles. The molecule has 1 spiro atoms. The molecule has 3 fully saturated rings. The standard InChI is InChI=1S/C26H42N2O6/c1-7-12-17(6)27(15-8-2)23(31)21-26-14-13-25(10-4,34-26)20(24(32)33-11-5)19(26)22(30)28(21)18(9-3)16-29/h8,17-21,29H,2,7,9-16H2,1,3-6H3/t17?,18-,19-,20-,21?,25+,26?/m0/s1. The number of esters is 1. The van der Waals surface area contributed by atoms with E-state index in [0.717, 1.165) is 12.8 Å². The van der Waals surface area contributed by atoms with Crippen LogP contribution in [0.4, 0.5) is 0 Å². The fourth-order valence-corrected chi connectivity index (χ4v) is 6.69. The van der Waals surface area contributed by atoms with Crippen molar-refractivity contribution in [2.45, 2.75) is 102 Å². The van der Waals surface area contributed by atoms with Crippen LogP contribution in [-0.2, 0) is 23.9 Å². The van der Waals surface area contributed by atoms with Gasteiger partial charge < -0.3 is 24.4 Å². The maximum atomic E-state index is 14.3. The number of nitrogens with zero attached hydrogens (tertiary/aromatic N) is 2. The first-order chi connectivity index (χ1) is 16.2. The first-order valence-electron chi connectivity index (χ1n) is 12.9. The van der Waals surface area contributed by atoms with E-state index in [-0.39, 0.29) is 31.1 Å². The molecule has 0 aromatic rings. The molecule has 2 amide bonds. The molecular formula is C26H42N2O6. The number of likely N-dealkylation sites (tertiary alicyclic amines) is 1. The summed E-state index contributed by atoms with van der Waals surface area (Å²) >= 11 is 0. The van der Waals surface area contributed by atoms with E-state index in [1.165, 1.54) is 0 Å². The summed E-state index contributed by atoms with van der Waals surface area (Å²) in [7, 11) is 0. The third-order valence-corrected chi connectivity index (χ3v) is 8.32. The highest BCUT2D eigenvalue weighted by Crippen LogP contribution is 2.65. The summed E-state index contributed by atoms with van der Waals surface area (Å²) in [4.78, 5) is 44.8. The van der Waals surface area contributed by atoms with Gasteiger partial charge in [-0.15, -0.1) is 6.58 Å². The van der Waals surface area contributed by atoms with Crippen molar-refractivity contribution in [3.05, 3.63) is 12.7 Å². The number of rotatable bonds is 12. The molecule has 192 valence electrons. The number of fused-ring (bicyclic) bond motifs is 1. The Morgan fingerprint density at radius 3 is 2.56 bits per heavy atom. The smallest absolute Gasteiger partial charge is 0.312 e. The zero-order chi connectivity index (χ0) is 25.3. The second kappa shape index (κ2) is 10.4. The van der Waals surface area contributed by atoms with Gasteiger partial charge in [0.1, 0.15) is 17.6 Å². The molecule has 3 aliphatic heterocycles. The van der Waals surface area contributed by atoms with Crippen LogP contribution < -0.4 is 0 Å². The van der Waals surface area contributed by atoms with Crippen LogP contribution >= 0.6 is 0 Å². The van der Waals surface area contributed by atoms with Crippen molar-refractivity contribution in [1.29, 1.82) is 0 Å². The lowest BCUT2D eigenvalue weighted by Gasteiger charge is -2.41. The molecular weight excluding hydrogens is 436 g/mol. The Morgan fingerprint density at radius 1 is 1.32 bits per heavy atom. The second-order valence-electron chi connectivity index (χ2n) is 9.99. The van der Waals surface area contributed by atoms with E-state index >= 15 is 0 Å². The summed E-state index contributed by atoms with van der Waals surface area (Å²) in [5.41, 5.74) is -1.91. The number of carbonyl (C=O) groups excluding carboxylic acids is 3. The van der Waals surface area contributed by atoms with Crippen molar-refractivity contribution < 1.29 is 29.0 Å². The van der Waals surface area contributed by atoms with E-state index in [1.807, 2.05) is 20.8 Å². The van der Waals surface area contributed by atoms with Gasteiger partial charge in [0.2, 0.25) is 11.8 Å². The summed E-state index contributed by atoms with van der Waals surface area (Å²) in [5, 5.41) is 10.2. The Labute approximate surface area is 203 Å². The lowest BCUT2D eigenvalue weighted by molar-refractivity contribution is -0.163. The number of hydrogen-bond acceptors (Lipinski definition) is 6. The summed E-state index contributed by atoms with van der Waals surface area (Å²) in [6, 6.07) is -1.47. The van der Waals surface area contributed by atoms with Gasteiger partial charge in [-0.05, 0) is 46.0 Å². The van der Waals surface area contributed by atoms with Crippen LogP contribution in [0.1, 0.15) is 73.1 Å². The minimum Gasteiger partial charge on any atom is -0.466 e. The van der Waals surface area contributed by atoms with E-state index in [1.54, 1.807) is 22.8 Å². The fraction of sp³-hybridized carbons (Fsp3) is 0.808. The number of ether oxygens (including phenoxy) is 2. The summed E-state index contributed by atoms with van der Waals surface area (Å²) in [6.07, 6.45) is 5.59. The molecule has 3 unspecified atom stereocenters. The summed E-state index contributed by atoms with van der Waals surface area (Å²) in [6.45, 7) is 13.8. The normalized spacial score (nSPS) is 33.5. The molecule has 8 heteroatoms. The van der Waals surface area contributed by atoms with Gasteiger partial charge >= 0.3 is 5.97 Å². The molecule has 0 aromatic carbocycles. The van der Waals surface area contributed by atoms with Crippen LogP contribution in [-0.4, -0.2) is 81.8 Å². The number of hydrogen-bond donors (Lipinski definition) is 1. The second-order valence-corrected chi connectivity index (χ2v) is 9.99. The average molecular weight is 479 g/mol. The van der Waals surface area contributed by atoms with Gasteiger partial charge in [-0.3, -0.25) is 14.4 Å². The van der Waals surface area contributed by atoms with Crippen LogP contribution in [0.2, 0.25) is 0 Å². The van der Waals surface area contributed by atoms with Crippen molar-refractivity contribution in [1.82, 2.24) is 9.80 Å². The van der Waals surface area contributed by atoms with Gasteiger partial charge in [-0.2, -0.15) is 0 Å². The molecule has 3 heterocycles. The molecule has 0 aliphatic carbocycles. The third-order valence-electron chi connectivity index (χ3n) is 8.32. The maximum absolute atomic E-state index is 14.3. The van der Waals surface area contributed by atoms with Crippen molar-refractivity contribution in [3.63, 3.8) is 0 Å². The first kappa shape index (κ1) is 26.7. The highest BCUT2D eigenvalue weighted by molar-refractivity contribution is 5.98. The highest BCUT2D eigenvalue weighted by Gasteiger charge is 2.79. The Bertz CT molecular complexity index is 798. The minimum atomic E-state index is -1.10. The molecule has 8 nitrogen and oxygen atoms in total. The van der Waals surface area contributed by atoms with Crippen LogP contribution in [0, 0.1) is 11.8 Å². The lowest BCUT2D eigenvalue weighted by Crippen LogP contribution is -2.60. The van der Waals surface area contributed by atoms with Crippen LogP contribution in [0.3, 0.4) is 0 Å². The molecule has 7 atom stereocenters. The quantitative estimate of drug-likeness (QED) is 0.342. The Kier molecular flexibility index (Phi) is 8.13. The average Bonchev–Trinajstić information content (AvgIpc) is 3.42. The van der Waals surface area contributed by atoms with Gasteiger partial charge in [0.05, 0.1) is 30.8 Å². The zero-order valence-electron chi connectivity index (χ0n) is 21.4. The monoisotopic (exact) mass is 478 g/mol. The molecule has 3 saturated heterocycles. The van der Waals surface area contributed by atoms with E-state index in [4.69, 9.17) is 9.47 Å². The Balaban J connectivity index is 2.15. The van der Waals surface area contributed by atoms with Gasteiger partial charge in [-0.25, -0.2) is 0 Å². The van der Waals surface area contributed by atoms with Gasteiger partial charge in [0, 0.05) is 12.6 Å². The number of amides is 2. The first-order valence-corrected chi connectivity index (χ1v) is 12.9. The van der Waals surface area contributed by atoms with Crippen molar-refractivity contribution in [2.24, 2.45) is 11.8 Å². The van der Waals surface area contributed by atoms with Crippen molar-refractivity contribution in [3.8, 4) is 0 Å². The molecule has 0 radical (unpaired) electrons. The van der Waals surface area contributed by atoms with Crippen molar-refractivity contribution >= 4 is 17.8 Å². The minimum absolute atomic E-state index is 0.0447. The van der Waals surface area contributed by atoms with Crippen molar-refractivity contribution in [2.75, 3.05) is 19.8 Å². The largest absolute Gasteiger partial charge is 0.466 e. The van der Waals surface area contributed by atoms with Gasteiger partial charge in [0.15, 0.2) is 0 Å². The SMILES string of the molecule is C=CCN(C(=O)C1N([C@@H](CC)CO)C(=O)[C@@H]2[C@@H](C(=O)OCC)[C@@]3(CC)CCC12O3)C(C)CCC. The molecule has 0 saturated carbocycles. The molecule has 1 N–H and O–H groups in total.